The molecule has 2 heterocycles. The number of carboxylic acids is 1. The highest BCUT2D eigenvalue weighted by atomic mass is 32.1. The number of carbonyl (C=O) groups is 1. The Hall–Kier alpha value is -0.910. The number of nitrogens with one attached hydrogen (secondary N) is 1. The van der Waals surface area contributed by atoms with Gasteiger partial charge in [-0.1, -0.05) is 0 Å². The Morgan fingerprint density at radius 1 is 1.59 bits per heavy atom. The highest BCUT2D eigenvalue weighted by molar-refractivity contribution is 7.13. The topological polar surface area (TPSA) is 58.6 Å². The molecule has 0 radical (unpaired) electrons. The van der Waals surface area contributed by atoms with E-state index in [0.717, 1.165) is 24.6 Å². The molecule has 2 rings (SSSR count). The van der Waals surface area contributed by atoms with Gasteiger partial charge in [0, 0.05) is 11.4 Å². The number of thiophene rings is 1. The van der Waals surface area contributed by atoms with Gasteiger partial charge in [-0.25, -0.2) is 4.79 Å². The maximum atomic E-state index is 10.7. The highest BCUT2D eigenvalue weighted by Crippen LogP contribution is 2.18. The van der Waals surface area contributed by atoms with Gasteiger partial charge in [0.2, 0.25) is 0 Å². The van der Waals surface area contributed by atoms with Gasteiger partial charge in [0.1, 0.15) is 4.88 Å². The Bertz CT molecular complexity index is 372. The molecule has 0 amide bonds. The summed E-state index contributed by atoms with van der Waals surface area (Å²) in [6, 6.07) is 3.46. The molecule has 5 heteroatoms. The van der Waals surface area contributed by atoms with Crippen molar-refractivity contribution < 1.29 is 14.6 Å². The summed E-state index contributed by atoms with van der Waals surface area (Å²) in [5.41, 5.74) is 0. The normalized spacial score (nSPS) is 20.4. The lowest BCUT2D eigenvalue weighted by molar-refractivity contribution is 0.0702. The fourth-order valence-corrected chi connectivity index (χ4v) is 2.75. The lowest BCUT2D eigenvalue weighted by Gasteiger charge is -2.22. The number of ether oxygens (including phenoxy) is 1. The second kappa shape index (κ2) is 6.14. The Kier molecular flexibility index (Phi) is 4.53. The van der Waals surface area contributed by atoms with Crippen molar-refractivity contribution in [2.45, 2.75) is 19.4 Å². The molecule has 1 aromatic heterocycles. The predicted octanol–water partition coefficient (Wildman–Crippen LogP) is 1.96. The number of aromatic carboxylic acids is 1. The number of piperidine rings is 1. The van der Waals surface area contributed by atoms with E-state index in [1.807, 2.05) is 6.07 Å². The molecule has 0 spiro atoms. The van der Waals surface area contributed by atoms with Crippen LogP contribution in [0.3, 0.4) is 0 Å². The summed E-state index contributed by atoms with van der Waals surface area (Å²) in [5.74, 6) is -0.264. The van der Waals surface area contributed by atoms with E-state index < -0.39 is 5.97 Å². The van der Waals surface area contributed by atoms with Crippen LogP contribution in [-0.4, -0.2) is 30.8 Å². The summed E-state index contributed by atoms with van der Waals surface area (Å²) in [4.78, 5) is 12.1. The minimum Gasteiger partial charge on any atom is -0.477 e. The fourth-order valence-electron chi connectivity index (χ4n) is 1.96. The van der Waals surface area contributed by atoms with E-state index in [1.54, 1.807) is 6.07 Å². The van der Waals surface area contributed by atoms with Crippen LogP contribution < -0.4 is 5.32 Å². The lowest BCUT2D eigenvalue weighted by atomic mass is 10.0. The molecule has 2 N–H and O–H groups in total. The maximum Gasteiger partial charge on any atom is 0.345 e. The minimum atomic E-state index is -0.863. The fraction of sp³-hybridized carbons (Fsp3) is 0.583. The third-order valence-corrected chi connectivity index (χ3v) is 3.92. The molecule has 0 aromatic carbocycles. The second-order valence-electron chi connectivity index (χ2n) is 4.30. The largest absolute Gasteiger partial charge is 0.477 e. The van der Waals surface area contributed by atoms with Crippen molar-refractivity contribution in [3.8, 4) is 0 Å². The molecule has 0 saturated carbocycles. The first kappa shape index (κ1) is 12.5. The van der Waals surface area contributed by atoms with Gasteiger partial charge in [-0.2, -0.15) is 0 Å². The molecule has 17 heavy (non-hydrogen) atoms. The second-order valence-corrected chi connectivity index (χ2v) is 5.47. The maximum absolute atomic E-state index is 10.7. The van der Waals surface area contributed by atoms with E-state index in [-0.39, 0.29) is 0 Å². The van der Waals surface area contributed by atoms with Crippen LogP contribution in [0.15, 0.2) is 12.1 Å². The molecule has 1 aromatic rings. The van der Waals surface area contributed by atoms with Crippen molar-refractivity contribution in [1.82, 2.24) is 5.32 Å². The van der Waals surface area contributed by atoms with Crippen molar-refractivity contribution in [3.05, 3.63) is 21.9 Å². The molecule has 94 valence electrons. The summed E-state index contributed by atoms with van der Waals surface area (Å²) < 4.78 is 5.63. The first-order valence-corrected chi connectivity index (χ1v) is 6.68. The molecule has 1 aliphatic rings. The summed E-state index contributed by atoms with van der Waals surface area (Å²) in [6.07, 6.45) is 2.44. The van der Waals surface area contributed by atoms with E-state index in [2.05, 4.69) is 5.32 Å². The van der Waals surface area contributed by atoms with Crippen molar-refractivity contribution in [2.24, 2.45) is 5.92 Å². The van der Waals surface area contributed by atoms with Gasteiger partial charge in [0.25, 0.3) is 0 Å². The Morgan fingerprint density at radius 2 is 2.47 bits per heavy atom. The van der Waals surface area contributed by atoms with Gasteiger partial charge in [-0.3, -0.25) is 0 Å². The number of rotatable bonds is 5. The third kappa shape index (κ3) is 3.80. The van der Waals surface area contributed by atoms with Crippen molar-refractivity contribution in [3.63, 3.8) is 0 Å². The summed E-state index contributed by atoms with van der Waals surface area (Å²) in [6.45, 7) is 3.43. The first-order valence-electron chi connectivity index (χ1n) is 5.86. The number of hydrogen-bond acceptors (Lipinski definition) is 4. The van der Waals surface area contributed by atoms with Crippen LogP contribution in [0.5, 0.6) is 0 Å². The first-order chi connectivity index (χ1) is 8.25. The van der Waals surface area contributed by atoms with E-state index in [9.17, 15) is 4.79 Å². The number of carboxylic acid groups (broad SMARTS) is 1. The monoisotopic (exact) mass is 255 g/mol. The summed E-state index contributed by atoms with van der Waals surface area (Å²) >= 11 is 1.29. The molecular formula is C12H17NO3S. The van der Waals surface area contributed by atoms with E-state index in [0.29, 0.717) is 17.4 Å². The van der Waals surface area contributed by atoms with Crippen LogP contribution in [0.25, 0.3) is 0 Å². The zero-order valence-corrected chi connectivity index (χ0v) is 10.5. The Labute approximate surface area is 105 Å². The van der Waals surface area contributed by atoms with Crippen molar-refractivity contribution >= 4 is 17.3 Å². The average Bonchev–Trinajstić information content (AvgIpc) is 2.79. The minimum absolute atomic E-state index is 0.378. The zero-order valence-electron chi connectivity index (χ0n) is 9.65. The molecule has 1 saturated heterocycles. The van der Waals surface area contributed by atoms with Gasteiger partial charge < -0.3 is 15.2 Å². The van der Waals surface area contributed by atoms with Gasteiger partial charge in [-0.05, 0) is 37.4 Å². The Balaban J connectivity index is 1.71. The van der Waals surface area contributed by atoms with Gasteiger partial charge >= 0.3 is 5.97 Å². The SMILES string of the molecule is O=C(O)c1ccc(COCC2CCCNC2)s1. The lowest BCUT2D eigenvalue weighted by Crippen LogP contribution is -2.32. The van der Waals surface area contributed by atoms with Crippen LogP contribution >= 0.6 is 11.3 Å². The molecule has 1 fully saturated rings. The Morgan fingerprint density at radius 3 is 3.12 bits per heavy atom. The van der Waals surface area contributed by atoms with Gasteiger partial charge in [-0.15, -0.1) is 11.3 Å². The molecule has 1 unspecified atom stereocenters. The molecule has 0 bridgehead atoms. The van der Waals surface area contributed by atoms with Crippen molar-refractivity contribution in [2.75, 3.05) is 19.7 Å². The number of hydrogen-bond donors (Lipinski definition) is 2. The van der Waals surface area contributed by atoms with Crippen LogP contribution in [0.1, 0.15) is 27.4 Å². The van der Waals surface area contributed by atoms with Crippen LogP contribution in [-0.2, 0) is 11.3 Å². The van der Waals surface area contributed by atoms with E-state index in [4.69, 9.17) is 9.84 Å². The molecule has 1 atom stereocenters. The van der Waals surface area contributed by atoms with E-state index >= 15 is 0 Å². The van der Waals surface area contributed by atoms with Crippen molar-refractivity contribution in [1.29, 1.82) is 0 Å². The van der Waals surface area contributed by atoms with Gasteiger partial charge in [0.15, 0.2) is 0 Å². The molecular weight excluding hydrogens is 238 g/mol. The van der Waals surface area contributed by atoms with Crippen LogP contribution in [0.2, 0.25) is 0 Å². The standard InChI is InChI=1S/C12H17NO3S/c14-12(15)11-4-3-10(17-11)8-16-7-9-2-1-5-13-6-9/h3-4,9,13H,1-2,5-8H2,(H,14,15). The molecule has 4 nitrogen and oxygen atoms in total. The van der Waals surface area contributed by atoms with E-state index in [1.165, 1.54) is 24.2 Å². The highest BCUT2D eigenvalue weighted by Gasteiger charge is 2.13. The smallest absolute Gasteiger partial charge is 0.345 e. The molecule has 1 aliphatic heterocycles. The molecule has 0 aliphatic carbocycles. The quantitative estimate of drug-likeness (QED) is 0.844. The summed E-state index contributed by atoms with van der Waals surface area (Å²) in [7, 11) is 0. The zero-order chi connectivity index (χ0) is 12.1. The van der Waals surface area contributed by atoms with Crippen LogP contribution in [0.4, 0.5) is 0 Å². The summed E-state index contributed by atoms with van der Waals surface area (Å²) in [5, 5.41) is 12.1. The third-order valence-electron chi connectivity index (χ3n) is 2.87. The average molecular weight is 255 g/mol. The van der Waals surface area contributed by atoms with Gasteiger partial charge in [0.05, 0.1) is 13.2 Å². The predicted molar refractivity (Wildman–Crippen MR) is 66.5 cm³/mol. The van der Waals surface area contributed by atoms with Crippen LogP contribution in [0, 0.1) is 5.92 Å².